The van der Waals surface area contributed by atoms with Crippen molar-refractivity contribution in [1.29, 1.82) is 0 Å². The summed E-state index contributed by atoms with van der Waals surface area (Å²) in [7, 11) is 0. The van der Waals surface area contributed by atoms with Crippen LogP contribution in [-0.2, 0) is 4.79 Å². The minimum Gasteiger partial charge on any atom is -0.482 e. The summed E-state index contributed by atoms with van der Waals surface area (Å²) in [4.78, 5) is 17.4. The Hall–Kier alpha value is -0.0800. The zero-order valence-electron chi connectivity index (χ0n) is 16.8. The Morgan fingerprint density at radius 2 is 1.80 bits per heavy atom. The summed E-state index contributed by atoms with van der Waals surface area (Å²) >= 11 is 25.8. The molecule has 2 heterocycles. The molecule has 0 radical (unpaired) electrons. The first-order valence-corrected chi connectivity index (χ1v) is 12.8. The van der Waals surface area contributed by atoms with E-state index in [1.54, 1.807) is 6.07 Å². The highest BCUT2D eigenvalue weighted by Gasteiger charge is 2.32. The zero-order chi connectivity index (χ0) is 21.5. The van der Waals surface area contributed by atoms with Gasteiger partial charge in [0.05, 0.1) is 21.1 Å². The van der Waals surface area contributed by atoms with Crippen LogP contribution in [0.4, 0.5) is 0 Å². The van der Waals surface area contributed by atoms with Crippen LogP contribution in [0.5, 0.6) is 5.75 Å². The van der Waals surface area contributed by atoms with E-state index in [-0.39, 0.29) is 18.6 Å². The quantitative estimate of drug-likeness (QED) is 0.202. The van der Waals surface area contributed by atoms with E-state index in [0.717, 1.165) is 44.9 Å². The molecular formula is C20H27Cl4N3O2S. The molecule has 0 N–H and O–H groups in total. The SMILES string of the molecule is O=C(COc1cc(Cl)c(Cl)cc1Cl)N1CCN(SCCCCl)C[C@@H]1CN1CCCC1. The number of benzene rings is 1. The maximum atomic E-state index is 13.0. The Morgan fingerprint density at radius 1 is 1.07 bits per heavy atom. The highest BCUT2D eigenvalue weighted by atomic mass is 35.5. The Kier molecular flexibility index (Phi) is 10.0. The molecule has 3 rings (SSSR count). The summed E-state index contributed by atoms with van der Waals surface area (Å²) in [6.45, 7) is 5.40. The second kappa shape index (κ2) is 12.2. The van der Waals surface area contributed by atoms with Crippen molar-refractivity contribution in [2.75, 3.05) is 57.5 Å². The van der Waals surface area contributed by atoms with Crippen LogP contribution in [0.15, 0.2) is 12.1 Å². The van der Waals surface area contributed by atoms with Crippen LogP contribution in [-0.4, -0.2) is 83.6 Å². The fourth-order valence-electron chi connectivity index (χ4n) is 3.78. The van der Waals surface area contributed by atoms with Gasteiger partial charge in [0.25, 0.3) is 5.91 Å². The van der Waals surface area contributed by atoms with Crippen LogP contribution in [0, 0.1) is 0 Å². The average molecular weight is 515 g/mol. The molecule has 2 saturated heterocycles. The minimum absolute atomic E-state index is 0.0354. The lowest BCUT2D eigenvalue weighted by Gasteiger charge is -2.42. The number of likely N-dealkylation sites (tertiary alicyclic amines) is 1. The Balaban J connectivity index is 1.60. The number of piperazine rings is 1. The van der Waals surface area contributed by atoms with E-state index in [2.05, 4.69) is 9.21 Å². The van der Waals surface area contributed by atoms with Crippen LogP contribution in [0.1, 0.15) is 19.3 Å². The first-order valence-electron chi connectivity index (χ1n) is 10.2. The normalized spacial score (nSPS) is 20.7. The molecule has 2 aliphatic rings. The predicted molar refractivity (Wildman–Crippen MR) is 128 cm³/mol. The molecule has 0 bridgehead atoms. The molecule has 0 spiro atoms. The van der Waals surface area contributed by atoms with Crippen LogP contribution in [0.2, 0.25) is 15.1 Å². The molecule has 5 nitrogen and oxygen atoms in total. The van der Waals surface area contributed by atoms with Gasteiger partial charge in [0.15, 0.2) is 6.61 Å². The molecule has 30 heavy (non-hydrogen) atoms. The molecule has 0 unspecified atom stereocenters. The van der Waals surface area contributed by atoms with E-state index in [1.165, 1.54) is 18.9 Å². The number of halogens is 4. The van der Waals surface area contributed by atoms with Crippen LogP contribution >= 0.6 is 58.4 Å². The topological polar surface area (TPSA) is 36.0 Å². The molecule has 1 amide bonds. The van der Waals surface area contributed by atoms with Crippen LogP contribution in [0.3, 0.4) is 0 Å². The number of rotatable bonds is 9. The summed E-state index contributed by atoms with van der Waals surface area (Å²) in [5, 5.41) is 1.04. The number of ether oxygens (including phenoxy) is 1. The summed E-state index contributed by atoms with van der Waals surface area (Å²) in [6.07, 6.45) is 3.45. The van der Waals surface area contributed by atoms with Crippen molar-refractivity contribution >= 4 is 64.3 Å². The first-order chi connectivity index (χ1) is 14.5. The van der Waals surface area contributed by atoms with Crippen molar-refractivity contribution in [3.05, 3.63) is 27.2 Å². The van der Waals surface area contributed by atoms with Gasteiger partial charge in [-0.15, -0.1) is 11.6 Å². The molecule has 2 fully saturated rings. The van der Waals surface area contributed by atoms with E-state index in [1.807, 2.05) is 16.8 Å². The molecule has 1 atom stereocenters. The number of amides is 1. The molecule has 1 aromatic rings. The fraction of sp³-hybridized carbons (Fsp3) is 0.650. The number of hydrogen-bond donors (Lipinski definition) is 0. The van der Waals surface area contributed by atoms with Gasteiger partial charge in [0, 0.05) is 43.9 Å². The third-order valence-corrected chi connectivity index (χ3v) is 7.76. The smallest absolute Gasteiger partial charge is 0.260 e. The lowest BCUT2D eigenvalue weighted by molar-refractivity contribution is -0.137. The summed E-state index contributed by atoms with van der Waals surface area (Å²) in [5.41, 5.74) is 0. The average Bonchev–Trinajstić information content (AvgIpc) is 3.23. The van der Waals surface area contributed by atoms with Crippen molar-refractivity contribution in [3.8, 4) is 5.75 Å². The minimum atomic E-state index is -0.0758. The third-order valence-electron chi connectivity index (χ3n) is 5.31. The molecular weight excluding hydrogens is 488 g/mol. The zero-order valence-corrected chi connectivity index (χ0v) is 20.6. The van der Waals surface area contributed by atoms with E-state index in [4.69, 9.17) is 51.1 Å². The Bertz CT molecular complexity index is 722. The van der Waals surface area contributed by atoms with Gasteiger partial charge < -0.3 is 14.5 Å². The fourth-order valence-corrected chi connectivity index (χ4v) is 5.68. The van der Waals surface area contributed by atoms with E-state index >= 15 is 0 Å². The van der Waals surface area contributed by atoms with E-state index < -0.39 is 0 Å². The monoisotopic (exact) mass is 513 g/mol. The number of carbonyl (C=O) groups excluding carboxylic acids is 1. The Morgan fingerprint density at radius 3 is 2.53 bits per heavy atom. The number of alkyl halides is 1. The Labute approximate surface area is 203 Å². The van der Waals surface area contributed by atoms with Crippen LogP contribution < -0.4 is 4.74 Å². The van der Waals surface area contributed by atoms with E-state index in [0.29, 0.717) is 33.2 Å². The second-order valence-electron chi connectivity index (χ2n) is 7.50. The summed E-state index contributed by atoms with van der Waals surface area (Å²) in [6, 6.07) is 3.21. The summed E-state index contributed by atoms with van der Waals surface area (Å²) in [5.74, 6) is 2.02. The lowest BCUT2D eigenvalue weighted by atomic mass is 10.1. The molecule has 2 aliphatic heterocycles. The van der Waals surface area contributed by atoms with Crippen molar-refractivity contribution in [2.24, 2.45) is 0 Å². The molecule has 1 aromatic carbocycles. The first kappa shape index (κ1) is 24.6. The molecule has 0 saturated carbocycles. The van der Waals surface area contributed by atoms with Crippen molar-refractivity contribution in [3.63, 3.8) is 0 Å². The standard InChI is InChI=1S/C20H27Cl4N3O2S/c21-4-3-9-30-26-7-8-27(15(13-26)12-25-5-1-2-6-25)20(28)14-29-19-11-17(23)16(22)10-18(19)24/h10-11,15H,1-9,12-14H2/t15-/m0/s1. The van der Waals surface area contributed by atoms with E-state index in [9.17, 15) is 4.79 Å². The van der Waals surface area contributed by atoms with Gasteiger partial charge in [-0.3, -0.25) is 4.79 Å². The number of hydrogen-bond acceptors (Lipinski definition) is 5. The number of carbonyl (C=O) groups is 1. The van der Waals surface area contributed by atoms with Gasteiger partial charge >= 0.3 is 0 Å². The molecule has 0 aliphatic carbocycles. The van der Waals surface area contributed by atoms with Gasteiger partial charge in [0.1, 0.15) is 5.75 Å². The van der Waals surface area contributed by atoms with Crippen molar-refractivity contribution in [1.82, 2.24) is 14.1 Å². The van der Waals surface area contributed by atoms with Gasteiger partial charge in [-0.1, -0.05) is 46.8 Å². The third kappa shape index (κ3) is 6.96. The maximum Gasteiger partial charge on any atom is 0.260 e. The predicted octanol–water partition coefficient (Wildman–Crippen LogP) is 4.91. The van der Waals surface area contributed by atoms with Gasteiger partial charge in [-0.2, -0.15) is 0 Å². The largest absolute Gasteiger partial charge is 0.482 e. The highest BCUT2D eigenvalue weighted by molar-refractivity contribution is 7.97. The number of nitrogens with zero attached hydrogens (tertiary/aromatic N) is 3. The molecule has 0 aromatic heterocycles. The highest BCUT2D eigenvalue weighted by Crippen LogP contribution is 2.34. The van der Waals surface area contributed by atoms with Crippen molar-refractivity contribution < 1.29 is 9.53 Å². The van der Waals surface area contributed by atoms with Crippen LogP contribution in [0.25, 0.3) is 0 Å². The van der Waals surface area contributed by atoms with Crippen molar-refractivity contribution in [2.45, 2.75) is 25.3 Å². The lowest BCUT2D eigenvalue weighted by Crippen LogP contribution is -2.58. The van der Waals surface area contributed by atoms with Gasteiger partial charge in [-0.05, 0) is 38.4 Å². The second-order valence-corrected chi connectivity index (χ2v) is 10.3. The molecule has 10 heteroatoms. The van der Waals surface area contributed by atoms with Gasteiger partial charge in [-0.25, -0.2) is 4.31 Å². The molecule has 168 valence electrons. The van der Waals surface area contributed by atoms with Gasteiger partial charge in [0.2, 0.25) is 0 Å². The maximum absolute atomic E-state index is 13.0. The summed E-state index contributed by atoms with van der Waals surface area (Å²) < 4.78 is 8.07.